The predicted octanol–water partition coefficient (Wildman–Crippen LogP) is 21.3. The van der Waals surface area contributed by atoms with Gasteiger partial charge < -0.3 is 9.13 Å². The van der Waals surface area contributed by atoms with Gasteiger partial charge in [0.1, 0.15) is 0 Å². The minimum Gasteiger partial charge on any atom is -0.309 e. The van der Waals surface area contributed by atoms with Gasteiger partial charge in [-0.3, -0.25) is 0 Å². The third-order valence-corrected chi connectivity index (χ3v) is 20.7. The topological polar surface area (TPSA) is 87.2 Å². The third-order valence-electron chi connectivity index (χ3n) is 20.7. The summed E-state index contributed by atoms with van der Waals surface area (Å²) in [5, 5.41) is 4.66. The van der Waals surface area contributed by atoms with E-state index < -0.39 is 10.8 Å². The van der Waals surface area contributed by atoms with Crippen LogP contribution in [0.2, 0.25) is 0 Å². The van der Waals surface area contributed by atoms with Crippen molar-refractivity contribution in [2.75, 3.05) is 0 Å². The molecule has 466 valence electrons. The molecule has 0 saturated heterocycles. The maximum Gasteiger partial charge on any atom is 0.164 e. The lowest BCUT2D eigenvalue weighted by Crippen LogP contribution is -2.36. The lowest BCUT2D eigenvalue weighted by Gasteiger charge is -2.42. The molecule has 0 unspecified atom stereocenters. The summed E-state index contributed by atoms with van der Waals surface area (Å²) in [5.41, 5.74) is 21.6. The lowest BCUT2D eigenvalue weighted by molar-refractivity contribution is 0.727. The van der Waals surface area contributed by atoms with Crippen molar-refractivity contribution in [2.24, 2.45) is 0 Å². The first-order chi connectivity index (χ1) is 49.6. The van der Waals surface area contributed by atoms with Gasteiger partial charge in [0.2, 0.25) is 0 Å². The van der Waals surface area contributed by atoms with E-state index in [0.717, 1.165) is 144 Å². The Hall–Kier alpha value is -13.3. The molecule has 2 aliphatic heterocycles. The first-order valence-electron chi connectivity index (χ1n) is 34.0. The van der Waals surface area contributed by atoms with E-state index in [1.54, 1.807) is 0 Å². The maximum absolute atomic E-state index is 5.37. The van der Waals surface area contributed by atoms with Crippen molar-refractivity contribution in [3.8, 4) is 90.8 Å². The number of benzene rings is 14. The van der Waals surface area contributed by atoms with Crippen molar-refractivity contribution in [2.45, 2.75) is 10.8 Å². The molecular formula is C92H58N8. The lowest BCUT2D eigenvalue weighted by atomic mass is 9.62. The van der Waals surface area contributed by atoms with E-state index in [4.69, 9.17) is 29.9 Å². The predicted molar refractivity (Wildman–Crippen MR) is 404 cm³/mol. The van der Waals surface area contributed by atoms with Crippen LogP contribution in [-0.4, -0.2) is 39.0 Å². The van der Waals surface area contributed by atoms with Crippen LogP contribution in [0.4, 0.5) is 0 Å². The van der Waals surface area contributed by atoms with Crippen molar-refractivity contribution < 1.29 is 0 Å². The van der Waals surface area contributed by atoms with Gasteiger partial charge in [-0.2, -0.15) is 0 Å². The van der Waals surface area contributed by atoms with Crippen LogP contribution in [0.5, 0.6) is 0 Å². The van der Waals surface area contributed by atoms with Crippen molar-refractivity contribution in [3.05, 3.63) is 396 Å². The molecule has 0 spiro atoms. The molecule has 0 aliphatic carbocycles. The fourth-order valence-electron chi connectivity index (χ4n) is 16.4. The molecule has 14 aromatic carbocycles. The average molecular weight is 1280 g/mol. The van der Waals surface area contributed by atoms with E-state index in [2.05, 4.69) is 288 Å². The molecule has 20 rings (SSSR count). The molecular weight excluding hydrogens is 1220 g/mol. The van der Waals surface area contributed by atoms with Crippen LogP contribution in [0, 0.1) is 0 Å². The molecule has 0 N–H and O–H groups in total. The number of fused-ring (bicyclic) bond motifs is 10. The highest BCUT2D eigenvalue weighted by atomic mass is 15.1. The first-order valence-corrected chi connectivity index (χ1v) is 34.0. The molecule has 8 heteroatoms. The second-order valence-corrected chi connectivity index (χ2v) is 26.0. The van der Waals surface area contributed by atoms with Crippen LogP contribution in [0.25, 0.3) is 134 Å². The molecule has 8 nitrogen and oxygen atoms in total. The van der Waals surface area contributed by atoms with E-state index in [1.165, 1.54) is 0 Å². The van der Waals surface area contributed by atoms with Gasteiger partial charge in [0.05, 0.1) is 44.3 Å². The zero-order chi connectivity index (χ0) is 65.9. The quantitative estimate of drug-likeness (QED) is 0.128. The SMILES string of the molecule is c1ccc(-c2nc(-c3ccccc3)nc(-c3ccc4c(c3)C(c3ccccc3)(c3ccccc3)c3cc(-c5cc6c7c(c5)c5ccccc5n7-c5ccc(-c7nc(-c8ccccc8)nc(-c8ccccc8)n7)cc5C6(c5ccccc5)c5ccccc5)cc5c6ccccc6n-4c35)n2)cc1. The molecule has 0 atom stereocenters. The van der Waals surface area contributed by atoms with E-state index in [0.29, 0.717) is 34.9 Å². The zero-order valence-corrected chi connectivity index (χ0v) is 54.1. The van der Waals surface area contributed by atoms with E-state index >= 15 is 0 Å². The summed E-state index contributed by atoms with van der Waals surface area (Å²) in [5.74, 6) is 3.61. The van der Waals surface area contributed by atoms with Gasteiger partial charge in [-0.05, 0) is 128 Å². The number of hydrogen-bond donors (Lipinski definition) is 0. The molecule has 0 fully saturated rings. The van der Waals surface area contributed by atoms with Gasteiger partial charge in [0.15, 0.2) is 34.9 Å². The summed E-state index contributed by atoms with van der Waals surface area (Å²) in [6, 6.07) is 127. The van der Waals surface area contributed by atoms with Crippen molar-refractivity contribution >= 4 is 43.6 Å². The van der Waals surface area contributed by atoms with Crippen molar-refractivity contribution in [1.82, 2.24) is 39.0 Å². The smallest absolute Gasteiger partial charge is 0.164 e. The van der Waals surface area contributed by atoms with Crippen LogP contribution in [0.1, 0.15) is 44.5 Å². The monoisotopic (exact) mass is 1270 g/mol. The summed E-state index contributed by atoms with van der Waals surface area (Å²) >= 11 is 0. The largest absolute Gasteiger partial charge is 0.309 e. The van der Waals surface area contributed by atoms with E-state index in [9.17, 15) is 0 Å². The molecule has 6 heterocycles. The average Bonchev–Trinajstić information content (AvgIpc) is 1.39. The van der Waals surface area contributed by atoms with Crippen LogP contribution < -0.4 is 0 Å². The Morgan fingerprint density at radius 3 is 0.740 bits per heavy atom. The van der Waals surface area contributed by atoms with Gasteiger partial charge in [-0.15, -0.1) is 0 Å². The Morgan fingerprint density at radius 2 is 0.440 bits per heavy atom. The number of hydrogen-bond acceptors (Lipinski definition) is 6. The molecule has 4 aromatic heterocycles. The molecule has 0 bridgehead atoms. The summed E-state index contributed by atoms with van der Waals surface area (Å²) in [6.07, 6.45) is 0. The highest BCUT2D eigenvalue weighted by Gasteiger charge is 2.48. The summed E-state index contributed by atoms with van der Waals surface area (Å²) in [4.78, 5) is 31.8. The minimum absolute atomic E-state index is 0.588. The Bertz CT molecular complexity index is 5660. The Morgan fingerprint density at radius 1 is 0.190 bits per heavy atom. The van der Waals surface area contributed by atoms with Crippen LogP contribution >= 0.6 is 0 Å². The Balaban J connectivity index is 0.885. The van der Waals surface area contributed by atoms with Gasteiger partial charge in [-0.1, -0.05) is 279 Å². The van der Waals surface area contributed by atoms with Crippen molar-refractivity contribution in [1.29, 1.82) is 0 Å². The fraction of sp³-hybridized carbons (Fsp3) is 0.0217. The first kappa shape index (κ1) is 57.0. The third kappa shape index (κ3) is 8.60. The number of para-hydroxylation sites is 2. The second kappa shape index (κ2) is 22.7. The van der Waals surface area contributed by atoms with Crippen LogP contribution in [-0.2, 0) is 10.8 Å². The van der Waals surface area contributed by atoms with Gasteiger partial charge >= 0.3 is 0 Å². The second-order valence-electron chi connectivity index (χ2n) is 26.0. The molecule has 18 aromatic rings. The summed E-state index contributed by atoms with van der Waals surface area (Å²) in [6.45, 7) is 0. The number of nitrogens with zero attached hydrogens (tertiary/aromatic N) is 8. The summed E-state index contributed by atoms with van der Waals surface area (Å²) < 4.78 is 5.04. The van der Waals surface area contributed by atoms with Gasteiger partial charge in [-0.25, -0.2) is 29.9 Å². The van der Waals surface area contributed by atoms with Crippen LogP contribution in [0.3, 0.4) is 0 Å². The highest BCUT2D eigenvalue weighted by molar-refractivity contribution is 6.16. The van der Waals surface area contributed by atoms with Gasteiger partial charge in [0.25, 0.3) is 0 Å². The van der Waals surface area contributed by atoms with Crippen molar-refractivity contribution in [3.63, 3.8) is 0 Å². The molecule has 0 amide bonds. The summed E-state index contributed by atoms with van der Waals surface area (Å²) in [7, 11) is 0. The molecule has 2 aliphatic rings. The van der Waals surface area contributed by atoms with Gasteiger partial charge in [0, 0.05) is 54.9 Å². The minimum atomic E-state index is -0.901. The van der Waals surface area contributed by atoms with Crippen LogP contribution in [0.15, 0.2) is 352 Å². The standard InChI is InChI=1S/C92H58N8/c1-9-29-59(30-10-1)85-93-86(60-31-11-2-12-32-60)96-89(95-85)63-49-51-81-75(55-63)91(67-37-17-5-18-38-67,68-39-19-6-20-40-68)77-57-65(53-73-71-45-25-27-47-79(71)99(81)83(73)77)66-54-74-72-46-26-28-48-80(72)100-82-52-50-64(90-97-87(61-33-13-3-14-34-61)94-88(98-90)62-35-15-4-16-36-62)56-76(82)92(78(58-66)84(74)100,69-41-21-7-22-42-69)70-43-23-8-24-44-70/h1-58H. The number of aromatic nitrogens is 8. The number of rotatable bonds is 11. The molecule has 100 heavy (non-hydrogen) atoms. The Labute approximate surface area is 577 Å². The zero-order valence-electron chi connectivity index (χ0n) is 54.1. The molecule has 0 radical (unpaired) electrons. The maximum atomic E-state index is 5.37. The van der Waals surface area contributed by atoms with E-state index in [1.807, 2.05) is 72.8 Å². The molecule has 0 saturated carbocycles. The Kier molecular flexibility index (Phi) is 12.9. The normalized spacial score (nSPS) is 13.2. The fourth-order valence-corrected chi connectivity index (χ4v) is 16.4. The van der Waals surface area contributed by atoms with E-state index in [-0.39, 0.29) is 0 Å². The highest BCUT2D eigenvalue weighted by Crippen LogP contribution is 2.59.